The maximum absolute atomic E-state index is 12.2. The van der Waals surface area contributed by atoms with Crippen LogP contribution in [0.5, 0.6) is 0 Å². The monoisotopic (exact) mass is 327 g/mol. The Hall–Kier alpha value is -2.63. The third-order valence-electron chi connectivity index (χ3n) is 4.38. The van der Waals surface area contributed by atoms with E-state index in [9.17, 15) is 9.59 Å². The molecule has 0 spiro atoms. The van der Waals surface area contributed by atoms with Crippen molar-refractivity contribution in [1.29, 1.82) is 0 Å². The number of carbonyl (C=O) groups is 1. The fraction of sp³-hybridized carbons (Fsp3) is 0.389. The van der Waals surface area contributed by atoms with Crippen LogP contribution < -0.4 is 10.9 Å². The van der Waals surface area contributed by atoms with Crippen molar-refractivity contribution < 1.29 is 9.90 Å². The Morgan fingerprint density at radius 2 is 2.08 bits per heavy atom. The van der Waals surface area contributed by atoms with Crippen molar-refractivity contribution in [3.8, 4) is 0 Å². The Morgan fingerprint density at radius 3 is 2.75 bits per heavy atom. The molecule has 6 nitrogen and oxygen atoms in total. The number of hydrogen-bond acceptors (Lipinski definition) is 4. The Morgan fingerprint density at radius 1 is 1.33 bits per heavy atom. The van der Waals surface area contributed by atoms with Crippen molar-refractivity contribution >= 4 is 11.8 Å². The summed E-state index contributed by atoms with van der Waals surface area (Å²) in [5, 5.41) is 12.0. The largest absolute Gasteiger partial charge is 0.480 e. The molecule has 24 heavy (non-hydrogen) atoms. The second kappa shape index (κ2) is 7.29. The van der Waals surface area contributed by atoms with Crippen LogP contribution in [-0.2, 0) is 17.8 Å². The number of benzene rings is 1. The molecule has 1 aromatic heterocycles. The van der Waals surface area contributed by atoms with Gasteiger partial charge in [0, 0.05) is 18.9 Å². The van der Waals surface area contributed by atoms with Gasteiger partial charge in [0.25, 0.3) is 5.56 Å². The summed E-state index contributed by atoms with van der Waals surface area (Å²) in [4.78, 5) is 27.1. The Balaban J connectivity index is 1.67. The highest BCUT2D eigenvalue weighted by atomic mass is 16.4. The second-order valence-electron chi connectivity index (χ2n) is 6.27. The molecule has 0 bridgehead atoms. The van der Waals surface area contributed by atoms with Gasteiger partial charge in [-0.1, -0.05) is 30.3 Å². The van der Waals surface area contributed by atoms with Crippen molar-refractivity contribution in [3.63, 3.8) is 0 Å². The normalized spacial score (nSPS) is 15.0. The molecule has 0 radical (unpaired) electrons. The lowest BCUT2D eigenvalue weighted by molar-refractivity contribution is -0.137. The Kier molecular flexibility index (Phi) is 4.93. The fourth-order valence-corrected chi connectivity index (χ4v) is 2.96. The van der Waals surface area contributed by atoms with E-state index in [0.717, 1.165) is 11.0 Å². The quantitative estimate of drug-likeness (QED) is 0.775. The molecule has 1 atom stereocenters. The van der Waals surface area contributed by atoms with Crippen molar-refractivity contribution in [3.05, 3.63) is 58.6 Å². The molecule has 1 aliphatic rings. The molecule has 0 aliphatic heterocycles. The molecular formula is C18H21N3O3. The Labute approximate surface area is 140 Å². The van der Waals surface area contributed by atoms with E-state index in [1.807, 2.05) is 18.2 Å². The molecule has 1 aromatic carbocycles. The van der Waals surface area contributed by atoms with Gasteiger partial charge in [-0.3, -0.25) is 14.2 Å². The summed E-state index contributed by atoms with van der Waals surface area (Å²) in [7, 11) is 0. The highest BCUT2D eigenvalue weighted by molar-refractivity contribution is 5.66. The molecule has 2 N–H and O–H groups in total. The van der Waals surface area contributed by atoms with E-state index in [2.05, 4.69) is 22.4 Å². The predicted molar refractivity (Wildman–Crippen MR) is 91.0 cm³/mol. The first kappa shape index (κ1) is 16.2. The van der Waals surface area contributed by atoms with Crippen molar-refractivity contribution in [2.75, 3.05) is 11.9 Å². The first-order chi connectivity index (χ1) is 11.6. The van der Waals surface area contributed by atoms with Gasteiger partial charge >= 0.3 is 5.97 Å². The summed E-state index contributed by atoms with van der Waals surface area (Å²) >= 11 is 0. The number of aromatic nitrogens is 2. The number of carboxylic acids is 1. The van der Waals surface area contributed by atoms with E-state index in [0.29, 0.717) is 18.4 Å². The number of anilines is 1. The molecule has 1 aliphatic carbocycles. The molecule has 6 heteroatoms. The van der Waals surface area contributed by atoms with E-state index >= 15 is 0 Å². The van der Waals surface area contributed by atoms with E-state index in [4.69, 9.17) is 5.11 Å². The minimum absolute atomic E-state index is 0.220. The molecule has 1 heterocycles. The average molecular weight is 327 g/mol. The van der Waals surface area contributed by atoms with E-state index < -0.39 is 11.5 Å². The molecule has 1 fully saturated rings. The Bertz CT molecular complexity index is 754. The van der Waals surface area contributed by atoms with E-state index in [1.54, 1.807) is 0 Å². The van der Waals surface area contributed by atoms with Gasteiger partial charge in [0.1, 0.15) is 6.54 Å². The van der Waals surface area contributed by atoms with Gasteiger partial charge < -0.3 is 10.4 Å². The summed E-state index contributed by atoms with van der Waals surface area (Å²) in [6, 6.07) is 10.3. The van der Waals surface area contributed by atoms with E-state index in [-0.39, 0.29) is 12.4 Å². The van der Waals surface area contributed by atoms with Gasteiger partial charge in [0.15, 0.2) is 5.82 Å². The molecule has 1 unspecified atom stereocenters. The van der Waals surface area contributed by atoms with Crippen molar-refractivity contribution in [2.24, 2.45) is 11.8 Å². The molecule has 0 saturated heterocycles. The number of rotatable bonds is 8. The smallest absolute Gasteiger partial charge is 0.323 e. The predicted octanol–water partition coefficient (Wildman–Crippen LogP) is 2.01. The summed E-state index contributed by atoms with van der Waals surface area (Å²) in [5.74, 6) is 0.302. The zero-order chi connectivity index (χ0) is 16.9. The number of nitrogens with one attached hydrogen (secondary N) is 1. The van der Waals surface area contributed by atoms with Crippen LogP contribution in [0.25, 0.3) is 0 Å². The summed E-state index contributed by atoms with van der Waals surface area (Å²) in [5.41, 5.74) is 0.898. The van der Waals surface area contributed by atoms with Crippen molar-refractivity contribution in [1.82, 2.24) is 9.55 Å². The molecule has 0 amide bonds. The summed E-state index contributed by atoms with van der Waals surface area (Å²) in [6.07, 6.45) is 6.27. The number of nitrogens with zero attached hydrogens (tertiary/aromatic N) is 2. The zero-order valence-electron chi connectivity index (χ0n) is 13.4. The maximum atomic E-state index is 12.2. The number of hydrogen-bond donors (Lipinski definition) is 2. The SMILES string of the molecule is O=C(O)Cn1ccnc(NCC(Cc2ccccc2)C2CC2)c1=O. The van der Waals surface area contributed by atoms with Crippen LogP contribution in [0.3, 0.4) is 0 Å². The first-order valence-corrected chi connectivity index (χ1v) is 8.18. The van der Waals surface area contributed by atoms with E-state index in [1.165, 1.54) is 30.8 Å². The lowest BCUT2D eigenvalue weighted by Gasteiger charge is -2.17. The molecule has 3 rings (SSSR count). The van der Waals surface area contributed by atoms with Crippen LogP contribution in [0, 0.1) is 11.8 Å². The maximum Gasteiger partial charge on any atom is 0.323 e. The highest BCUT2D eigenvalue weighted by Gasteiger charge is 2.31. The van der Waals surface area contributed by atoms with Gasteiger partial charge in [-0.05, 0) is 36.7 Å². The minimum Gasteiger partial charge on any atom is -0.480 e. The number of aliphatic carboxylic acids is 1. The third-order valence-corrected chi connectivity index (χ3v) is 4.38. The lowest BCUT2D eigenvalue weighted by atomic mass is 9.95. The first-order valence-electron chi connectivity index (χ1n) is 8.18. The molecule has 2 aromatic rings. The standard InChI is InChI=1S/C18H21N3O3/c22-16(23)12-21-9-8-19-17(18(21)24)20-11-15(14-6-7-14)10-13-4-2-1-3-5-13/h1-5,8-9,14-15H,6-7,10-12H2,(H,19,20)(H,22,23). The molecule has 126 valence electrons. The van der Waals surface area contributed by atoms with Gasteiger partial charge in [-0.15, -0.1) is 0 Å². The van der Waals surface area contributed by atoms with Crippen LogP contribution in [0.15, 0.2) is 47.5 Å². The van der Waals surface area contributed by atoms with Crippen LogP contribution in [0.1, 0.15) is 18.4 Å². The summed E-state index contributed by atoms with van der Waals surface area (Å²) < 4.78 is 1.15. The topological polar surface area (TPSA) is 84.2 Å². The molecule has 1 saturated carbocycles. The van der Waals surface area contributed by atoms with Gasteiger partial charge in [0.2, 0.25) is 0 Å². The van der Waals surface area contributed by atoms with Crippen LogP contribution in [-0.4, -0.2) is 27.2 Å². The number of carboxylic acid groups (broad SMARTS) is 1. The van der Waals surface area contributed by atoms with Gasteiger partial charge in [0.05, 0.1) is 0 Å². The highest BCUT2D eigenvalue weighted by Crippen LogP contribution is 2.38. The second-order valence-corrected chi connectivity index (χ2v) is 6.27. The van der Waals surface area contributed by atoms with Gasteiger partial charge in [-0.25, -0.2) is 4.98 Å². The van der Waals surface area contributed by atoms with Crippen LogP contribution >= 0.6 is 0 Å². The average Bonchev–Trinajstić information content (AvgIpc) is 3.40. The van der Waals surface area contributed by atoms with Crippen molar-refractivity contribution in [2.45, 2.75) is 25.8 Å². The fourth-order valence-electron chi connectivity index (χ4n) is 2.96. The lowest BCUT2D eigenvalue weighted by Crippen LogP contribution is -2.29. The zero-order valence-corrected chi connectivity index (χ0v) is 13.4. The van der Waals surface area contributed by atoms with Gasteiger partial charge in [-0.2, -0.15) is 0 Å². The van der Waals surface area contributed by atoms with Crippen LogP contribution in [0.4, 0.5) is 5.82 Å². The molecular weight excluding hydrogens is 306 g/mol. The summed E-state index contributed by atoms with van der Waals surface area (Å²) in [6.45, 7) is 0.311. The van der Waals surface area contributed by atoms with Crippen LogP contribution in [0.2, 0.25) is 0 Å². The third kappa shape index (κ3) is 4.22. The minimum atomic E-state index is -1.05.